The Bertz CT molecular complexity index is 405. The van der Waals surface area contributed by atoms with Gasteiger partial charge >= 0.3 is 0 Å². The summed E-state index contributed by atoms with van der Waals surface area (Å²) in [6, 6.07) is 2.47. The lowest BCUT2D eigenvalue weighted by atomic mass is 9.81. The summed E-state index contributed by atoms with van der Waals surface area (Å²) in [5.41, 5.74) is 7.31. The maximum Gasteiger partial charge on any atom is 0.124 e. The van der Waals surface area contributed by atoms with Gasteiger partial charge in [-0.3, -0.25) is 0 Å². The van der Waals surface area contributed by atoms with Crippen LogP contribution >= 0.6 is 12.4 Å². The van der Waals surface area contributed by atoms with E-state index in [1.807, 2.05) is 0 Å². The fraction of sp³-hybridized carbons (Fsp3) is 0.571. The normalized spacial score (nSPS) is 18.2. The molecule has 0 heterocycles. The molecule has 3 N–H and O–H groups in total. The minimum Gasteiger partial charge on any atom is -0.507 e. The van der Waals surface area contributed by atoms with Gasteiger partial charge in [0.05, 0.1) is 0 Å². The number of phenols is 1. The van der Waals surface area contributed by atoms with Crippen molar-refractivity contribution in [2.75, 3.05) is 0 Å². The van der Waals surface area contributed by atoms with Crippen LogP contribution in [0.15, 0.2) is 12.1 Å². The first kappa shape index (κ1) is 15.3. The van der Waals surface area contributed by atoms with Gasteiger partial charge in [0.25, 0.3) is 0 Å². The second-order valence-electron chi connectivity index (χ2n) is 5.08. The molecule has 1 aromatic carbocycles. The van der Waals surface area contributed by atoms with Crippen molar-refractivity contribution in [2.45, 2.75) is 45.1 Å². The largest absolute Gasteiger partial charge is 0.507 e. The highest BCUT2D eigenvalue weighted by atomic mass is 35.5. The van der Waals surface area contributed by atoms with Crippen molar-refractivity contribution in [1.82, 2.24) is 0 Å². The molecule has 1 aliphatic carbocycles. The summed E-state index contributed by atoms with van der Waals surface area (Å²) >= 11 is 0. The molecule has 0 bridgehead atoms. The third kappa shape index (κ3) is 3.15. The topological polar surface area (TPSA) is 46.2 Å². The van der Waals surface area contributed by atoms with Crippen molar-refractivity contribution in [1.29, 1.82) is 0 Å². The van der Waals surface area contributed by atoms with E-state index in [0.717, 1.165) is 12.8 Å². The average molecular weight is 274 g/mol. The number of nitrogens with two attached hydrogens (primary N) is 1. The molecule has 1 fully saturated rings. The van der Waals surface area contributed by atoms with Crippen LogP contribution in [-0.4, -0.2) is 5.11 Å². The van der Waals surface area contributed by atoms with Crippen LogP contribution in [0, 0.1) is 18.7 Å². The zero-order valence-corrected chi connectivity index (χ0v) is 11.5. The van der Waals surface area contributed by atoms with E-state index in [0.29, 0.717) is 17.0 Å². The minimum absolute atomic E-state index is 0. The highest BCUT2D eigenvalue weighted by molar-refractivity contribution is 5.85. The predicted octanol–water partition coefficient (Wildman–Crippen LogP) is 3.84. The van der Waals surface area contributed by atoms with E-state index in [4.69, 9.17) is 5.73 Å². The van der Waals surface area contributed by atoms with E-state index in [1.54, 1.807) is 6.92 Å². The Kier molecular flexibility index (Phi) is 5.42. The maximum atomic E-state index is 13.4. The number of hydrogen-bond acceptors (Lipinski definition) is 2. The van der Waals surface area contributed by atoms with E-state index < -0.39 is 0 Å². The molecular weight excluding hydrogens is 253 g/mol. The number of halogens is 2. The molecule has 0 aromatic heterocycles. The molecule has 1 atom stereocenters. The summed E-state index contributed by atoms with van der Waals surface area (Å²) in [5, 5.41) is 9.98. The Balaban J connectivity index is 0.00000162. The Morgan fingerprint density at radius 3 is 2.50 bits per heavy atom. The maximum absolute atomic E-state index is 13.4. The van der Waals surface area contributed by atoms with Crippen molar-refractivity contribution in [3.8, 4) is 5.75 Å². The molecule has 0 aliphatic heterocycles. The molecule has 1 saturated carbocycles. The number of aromatic hydroxyl groups is 1. The summed E-state index contributed by atoms with van der Waals surface area (Å²) in [5.74, 6) is 0.210. The molecule has 102 valence electrons. The van der Waals surface area contributed by atoms with Gasteiger partial charge in [-0.1, -0.05) is 19.3 Å². The Labute approximate surface area is 114 Å². The number of rotatable bonds is 2. The van der Waals surface area contributed by atoms with Gasteiger partial charge in [-0.15, -0.1) is 12.4 Å². The molecule has 1 aromatic rings. The van der Waals surface area contributed by atoms with Gasteiger partial charge in [-0.2, -0.15) is 0 Å². The van der Waals surface area contributed by atoms with Crippen molar-refractivity contribution < 1.29 is 9.50 Å². The standard InChI is InChI=1S/C14H20FNO.ClH/c1-9-7-11(15)8-12(14(9)17)13(16)10-5-3-2-4-6-10;/h7-8,10,13,17H,2-6,16H2,1H3;1H/t13-;/m0./s1. The average Bonchev–Trinajstić information content (AvgIpc) is 2.34. The summed E-state index contributed by atoms with van der Waals surface area (Å²) in [4.78, 5) is 0. The van der Waals surface area contributed by atoms with Gasteiger partial charge in [-0.25, -0.2) is 4.39 Å². The van der Waals surface area contributed by atoms with E-state index in [9.17, 15) is 9.50 Å². The quantitative estimate of drug-likeness (QED) is 0.860. The molecule has 0 radical (unpaired) electrons. The van der Waals surface area contributed by atoms with E-state index in [-0.39, 0.29) is 30.0 Å². The Morgan fingerprint density at radius 2 is 1.89 bits per heavy atom. The Morgan fingerprint density at radius 1 is 1.28 bits per heavy atom. The van der Waals surface area contributed by atoms with Gasteiger partial charge in [0.2, 0.25) is 0 Å². The molecule has 0 unspecified atom stereocenters. The molecule has 0 saturated heterocycles. The van der Waals surface area contributed by atoms with Crippen LogP contribution in [0.3, 0.4) is 0 Å². The van der Waals surface area contributed by atoms with Gasteiger partial charge in [0, 0.05) is 11.6 Å². The summed E-state index contributed by atoms with van der Waals surface area (Å²) in [7, 11) is 0. The fourth-order valence-electron chi connectivity index (χ4n) is 2.76. The molecule has 18 heavy (non-hydrogen) atoms. The smallest absolute Gasteiger partial charge is 0.124 e. The van der Waals surface area contributed by atoms with Gasteiger partial charge in [0.1, 0.15) is 11.6 Å². The summed E-state index contributed by atoms with van der Waals surface area (Å²) in [6.07, 6.45) is 5.80. The van der Waals surface area contributed by atoms with Gasteiger partial charge in [-0.05, 0) is 43.4 Å². The lowest BCUT2D eigenvalue weighted by molar-refractivity contribution is 0.302. The second-order valence-corrected chi connectivity index (χ2v) is 5.08. The van der Waals surface area contributed by atoms with Crippen molar-refractivity contribution >= 4 is 12.4 Å². The summed E-state index contributed by atoms with van der Waals surface area (Å²) in [6.45, 7) is 1.70. The lowest BCUT2D eigenvalue weighted by Gasteiger charge is -2.28. The number of aryl methyl sites for hydroxylation is 1. The Hall–Kier alpha value is -0.800. The van der Waals surface area contributed by atoms with Crippen LogP contribution in [0.4, 0.5) is 4.39 Å². The fourth-order valence-corrected chi connectivity index (χ4v) is 2.76. The lowest BCUT2D eigenvalue weighted by Crippen LogP contribution is -2.23. The zero-order chi connectivity index (χ0) is 12.4. The van der Waals surface area contributed by atoms with E-state index in [1.165, 1.54) is 31.4 Å². The molecule has 2 nitrogen and oxygen atoms in total. The molecule has 0 amide bonds. The molecule has 4 heteroatoms. The zero-order valence-electron chi connectivity index (χ0n) is 10.7. The first-order valence-electron chi connectivity index (χ1n) is 6.34. The van der Waals surface area contributed by atoms with Crippen molar-refractivity contribution in [2.24, 2.45) is 11.7 Å². The van der Waals surface area contributed by atoms with Crippen LogP contribution in [0.1, 0.15) is 49.3 Å². The van der Waals surface area contributed by atoms with Crippen LogP contribution in [0.2, 0.25) is 0 Å². The van der Waals surface area contributed by atoms with Gasteiger partial charge < -0.3 is 10.8 Å². The predicted molar refractivity (Wildman–Crippen MR) is 73.6 cm³/mol. The SMILES string of the molecule is Cc1cc(F)cc([C@@H](N)C2CCCCC2)c1O.Cl. The highest BCUT2D eigenvalue weighted by Crippen LogP contribution is 2.37. The molecule has 2 rings (SSSR count). The number of benzene rings is 1. The number of phenolic OH excluding ortho intramolecular Hbond substituents is 1. The van der Waals surface area contributed by atoms with Crippen molar-refractivity contribution in [3.63, 3.8) is 0 Å². The molecule has 0 spiro atoms. The van der Waals surface area contributed by atoms with Crippen LogP contribution in [-0.2, 0) is 0 Å². The van der Waals surface area contributed by atoms with Crippen molar-refractivity contribution in [3.05, 3.63) is 29.1 Å². The molecular formula is C14H21ClFNO. The highest BCUT2D eigenvalue weighted by Gasteiger charge is 2.24. The third-order valence-electron chi connectivity index (χ3n) is 3.81. The van der Waals surface area contributed by atoms with E-state index >= 15 is 0 Å². The van der Waals surface area contributed by atoms with Gasteiger partial charge in [0.15, 0.2) is 0 Å². The summed E-state index contributed by atoms with van der Waals surface area (Å²) < 4.78 is 13.4. The number of hydrogen-bond donors (Lipinski definition) is 2. The van der Waals surface area contributed by atoms with Crippen LogP contribution in [0.5, 0.6) is 5.75 Å². The third-order valence-corrected chi connectivity index (χ3v) is 3.81. The second kappa shape index (κ2) is 6.39. The van der Waals surface area contributed by atoms with Crippen LogP contribution < -0.4 is 5.73 Å². The molecule has 1 aliphatic rings. The monoisotopic (exact) mass is 273 g/mol. The first-order valence-corrected chi connectivity index (χ1v) is 6.34. The van der Waals surface area contributed by atoms with Crippen LogP contribution in [0.25, 0.3) is 0 Å². The van der Waals surface area contributed by atoms with E-state index in [2.05, 4.69) is 0 Å². The minimum atomic E-state index is -0.318. The first-order chi connectivity index (χ1) is 8.09.